The number of methoxy groups -OCH3 is 1. The first kappa shape index (κ1) is 17.6. The van der Waals surface area contributed by atoms with Crippen LogP contribution in [0.1, 0.15) is 5.56 Å². The molecule has 2 amide bonds. The van der Waals surface area contributed by atoms with E-state index in [0.717, 1.165) is 24.5 Å². The van der Waals surface area contributed by atoms with Gasteiger partial charge in [-0.15, -0.1) is 12.4 Å². The van der Waals surface area contributed by atoms with Crippen molar-refractivity contribution in [2.75, 3.05) is 30.8 Å². The van der Waals surface area contributed by atoms with Crippen molar-refractivity contribution >= 4 is 35.6 Å². The maximum absolute atomic E-state index is 12.2. The van der Waals surface area contributed by atoms with Gasteiger partial charge in [-0.2, -0.15) is 0 Å². The maximum atomic E-state index is 12.2. The van der Waals surface area contributed by atoms with Crippen LogP contribution in [0.15, 0.2) is 53.5 Å². The van der Waals surface area contributed by atoms with Gasteiger partial charge in [0.05, 0.1) is 19.3 Å². The normalized spacial score (nSPS) is 12.5. The Morgan fingerprint density at radius 2 is 2.00 bits per heavy atom. The number of hydrogen-bond acceptors (Lipinski definition) is 4. The zero-order valence-electron chi connectivity index (χ0n) is 13.2. The van der Waals surface area contributed by atoms with Gasteiger partial charge in [0.1, 0.15) is 11.6 Å². The smallest absolute Gasteiger partial charge is 0.323 e. The second kappa shape index (κ2) is 8.21. The van der Waals surface area contributed by atoms with E-state index in [1.165, 1.54) is 0 Å². The van der Waals surface area contributed by atoms with Gasteiger partial charge < -0.3 is 20.7 Å². The van der Waals surface area contributed by atoms with Crippen molar-refractivity contribution in [1.29, 1.82) is 0 Å². The third kappa shape index (κ3) is 4.17. The van der Waals surface area contributed by atoms with E-state index >= 15 is 0 Å². The highest BCUT2D eigenvalue weighted by molar-refractivity contribution is 6.03. The molecule has 1 aliphatic heterocycles. The second-order valence-corrected chi connectivity index (χ2v) is 5.02. The number of amides is 2. The molecule has 24 heavy (non-hydrogen) atoms. The number of hydrogen-bond donors (Lipinski definition) is 3. The van der Waals surface area contributed by atoms with E-state index in [4.69, 9.17) is 4.74 Å². The quantitative estimate of drug-likeness (QED) is 0.796. The Morgan fingerprint density at radius 3 is 2.75 bits per heavy atom. The third-order valence-electron chi connectivity index (χ3n) is 3.42. The predicted octanol–water partition coefficient (Wildman–Crippen LogP) is 3.11. The lowest BCUT2D eigenvalue weighted by Gasteiger charge is -2.11. The molecule has 0 fully saturated rings. The molecule has 1 heterocycles. The van der Waals surface area contributed by atoms with Gasteiger partial charge in [0.25, 0.3) is 0 Å². The molecular formula is C17H19ClN4O2. The summed E-state index contributed by atoms with van der Waals surface area (Å²) in [6, 6.07) is 14.5. The number of nitrogens with zero attached hydrogens (tertiary/aromatic N) is 1. The molecule has 0 unspecified atom stereocenters. The molecule has 6 nitrogen and oxygen atoms in total. The van der Waals surface area contributed by atoms with Crippen LogP contribution < -0.4 is 20.7 Å². The molecule has 1 aliphatic rings. The number of ether oxygens (including phenoxy) is 1. The topological polar surface area (TPSA) is 74.8 Å². The number of rotatable bonds is 4. The number of nitrogens with one attached hydrogen (secondary N) is 3. The maximum Gasteiger partial charge on any atom is 0.323 e. The first-order valence-electron chi connectivity index (χ1n) is 7.36. The number of amidine groups is 1. The molecule has 3 N–H and O–H groups in total. The van der Waals surface area contributed by atoms with Crippen molar-refractivity contribution in [2.45, 2.75) is 0 Å². The average molecular weight is 347 g/mol. The number of urea groups is 1. The van der Waals surface area contributed by atoms with Crippen LogP contribution in [0.5, 0.6) is 5.75 Å². The largest absolute Gasteiger partial charge is 0.495 e. The summed E-state index contributed by atoms with van der Waals surface area (Å²) < 4.78 is 5.22. The van der Waals surface area contributed by atoms with Crippen LogP contribution >= 0.6 is 12.4 Å². The van der Waals surface area contributed by atoms with Crippen molar-refractivity contribution in [3.63, 3.8) is 0 Å². The van der Waals surface area contributed by atoms with E-state index in [0.29, 0.717) is 17.1 Å². The van der Waals surface area contributed by atoms with Gasteiger partial charge in [0, 0.05) is 17.8 Å². The van der Waals surface area contributed by atoms with Crippen LogP contribution in [0.4, 0.5) is 16.2 Å². The lowest BCUT2D eigenvalue weighted by atomic mass is 10.2. The highest BCUT2D eigenvalue weighted by Gasteiger charge is 2.10. The van der Waals surface area contributed by atoms with Crippen LogP contribution in [0.3, 0.4) is 0 Å². The summed E-state index contributed by atoms with van der Waals surface area (Å²) >= 11 is 0. The molecule has 3 rings (SSSR count). The summed E-state index contributed by atoms with van der Waals surface area (Å²) in [6.45, 7) is 1.63. The molecule has 0 radical (unpaired) electrons. The van der Waals surface area contributed by atoms with Crippen molar-refractivity contribution < 1.29 is 9.53 Å². The Labute approximate surface area is 146 Å². The lowest BCUT2D eigenvalue weighted by molar-refractivity contribution is 0.262. The highest BCUT2D eigenvalue weighted by Crippen LogP contribution is 2.23. The number of benzene rings is 2. The molecule has 0 atom stereocenters. The number of anilines is 2. The summed E-state index contributed by atoms with van der Waals surface area (Å²) in [5, 5.41) is 8.81. The SMILES string of the molecule is COc1ccccc1NC(=O)Nc1cccc(C2=NCCN2)c1.Cl. The minimum Gasteiger partial charge on any atom is -0.495 e. The number of aliphatic imine (C=N–C) groups is 1. The van der Waals surface area contributed by atoms with Gasteiger partial charge >= 0.3 is 6.03 Å². The van der Waals surface area contributed by atoms with Crippen molar-refractivity contribution in [2.24, 2.45) is 4.99 Å². The standard InChI is InChI=1S/C17H18N4O2.ClH/c1-23-15-8-3-2-7-14(15)21-17(22)20-13-6-4-5-12(11-13)16-18-9-10-19-16;/h2-8,11H,9-10H2,1H3,(H,18,19)(H2,20,21,22);1H. The molecule has 7 heteroatoms. The number of carbonyl (C=O) groups excluding carboxylic acids is 1. The Bertz CT molecular complexity index is 749. The minimum atomic E-state index is -0.326. The summed E-state index contributed by atoms with van der Waals surface area (Å²) in [5.74, 6) is 1.47. The Hall–Kier alpha value is -2.73. The molecule has 0 aliphatic carbocycles. The number of para-hydroxylation sites is 2. The summed E-state index contributed by atoms with van der Waals surface area (Å²) in [5.41, 5.74) is 2.27. The molecule has 0 saturated carbocycles. The van der Waals surface area contributed by atoms with Gasteiger partial charge in [-0.25, -0.2) is 4.79 Å². The second-order valence-electron chi connectivity index (χ2n) is 5.02. The fourth-order valence-electron chi connectivity index (χ4n) is 2.37. The van der Waals surface area contributed by atoms with Gasteiger partial charge in [-0.05, 0) is 24.3 Å². The molecule has 0 aromatic heterocycles. The van der Waals surface area contributed by atoms with Gasteiger partial charge in [0.2, 0.25) is 0 Å². The molecule has 126 valence electrons. The predicted molar refractivity (Wildman–Crippen MR) is 98.7 cm³/mol. The zero-order chi connectivity index (χ0) is 16.1. The van der Waals surface area contributed by atoms with E-state index in [1.807, 2.05) is 36.4 Å². The Balaban J connectivity index is 0.00000208. The number of carbonyl (C=O) groups is 1. The van der Waals surface area contributed by atoms with Gasteiger partial charge in [-0.1, -0.05) is 24.3 Å². The zero-order valence-corrected chi connectivity index (χ0v) is 14.0. The molecular weight excluding hydrogens is 328 g/mol. The van der Waals surface area contributed by atoms with Crippen LogP contribution in [0.25, 0.3) is 0 Å². The molecule has 0 spiro atoms. The van der Waals surface area contributed by atoms with Crippen LogP contribution in [-0.2, 0) is 0 Å². The van der Waals surface area contributed by atoms with Crippen molar-refractivity contribution in [3.05, 3.63) is 54.1 Å². The molecule has 0 bridgehead atoms. The first-order chi connectivity index (χ1) is 11.3. The third-order valence-corrected chi connectivity index (χ3v) is 3.42. The van der Waals surface area contributed by atoms with Crippen molar-refractivity contribution in [1.82, 2.24) is 5.32 Å². The average Bonchev–Trinajstić information content (AvgIpc) is 3.10. The van der Waals surface area contributed by atoms with Gasteiger partial charge in [0.15, 0.2) is 0 Å². The van der Waals surface area contributed by atoms with Crippen LogP contribution in [0, 0.1) is 0 Å². The Kier molecular flexibility index (Phi) is 6.03. The first-order valence-corrected chi connectivity index (χ1v) is 7.36. The minimum absolute atomic E-state index is 0. The van der Waals surface area contributed by atoms with E-state index in [-0.39, 0.29) is 18.4 Å². The van der Waals surface area contributed by atoms with Crippen molar-refractivity contribution in [3.8, 4) is 5.75 Å². The Morgan fingerprint density at radius 1 is 1.17 bits per heavy atom. The highest BCUT2D eigenvalue weighted by atomic mass is 35.5. The molecule has 2 aromatic carbocycles. The molecule has 0 saturated heterocycles. The fourth-order valence-corrected chi connectivity index (χ4v) is 2.37. The summed E-state index contributed by atoms with van der Waals surface area (Å²) in [4.78, 5) is 16.5. The van der Waals surface area contributed by atoms with E-state index in [9.17, 15) is 4.79 Å². The molecule has 2 aromatic rings. The van der Waals surface area contributed by atoms with Crippen LogP contribution in [0.2, 0.25) is 0 Å². The van der Waals surface area contributed by atoms with E-state index in [1.54, 1.807) is 19.2 Å². The van der Waals surface area contributed by atoms with Gasteiger partial charge in [-0.3, -0.25) is 4.99 Å². The lowest BCUT2D eigenvalue weighted by Crippen LogP contribution is -2.21. The van der Waals surface area contributed by atoms with Crippen LogP contribution in [-0.4, -0.2) is 32.1 Å². The van der Waals surface area contributed by atoms with E-state index < -0.39 is 0 Å². The monoisotopic (exact) mass is 346 g/mol. The number of halogens is 1. The fraction of sp³-hybridized carbons (Fsp3) is 0.176. The van der Waals surface area contributed by atoms with E-state index in [2.05, 4.69) is 20.9 Å². The summed E-state index contributed by atoms with van der Waals surface area (Å²) in [6.07, 6.45) is 0. The summed E-state index contributed by atoms with van der Waals surface area (Å²) in [7, 11) is 1.57.